The molecular weight excluding hydrogens is 379 g/mol. The Morgan fingerprint density at radius 3 is 2.48 bits per heavy atom. The standard InChI is InChI=1S/C18H21ClN2O2S.ClH/c19-17-9-5-4-8-16(17)18-14-20-10-11-21(18)12-13-24(22,23)15-6-2-1-3-7-15;/h1-9,18,20H,10-14H2;1H. The predicted molar refractivity (Wildman–Crippen MR) is 104 cm³/mol. The summed E-state index contributed by atoms with van der Waals surface area (Å²) in [4.78, 5) is 2.59. The third kappa shape index (κ3) is 4.96. The van der Waals surface area contributed by atoms with Gasteiger partial charge in [-0.05, 0) is 23.8 Å². The van der Waals surface area contributed by atoms with E-state index in [1.54, 1.807) is 24.3 Å². The first-order valence-electron chi connectivity index (χ1n) is 8.05. The van der Waals surface area contributed by atoms with Crippen molar-refractivity contribution in [3.63, 3.8) is 0 Å². The quantitative estimate of drug-likeness (QED) is 0.836. The van der Waals surface area contributed by atoms with E-state index in [1.165, 1.54) is 0 Å². The third-order valence-electron chi connectivity index (χ3n) is 4.37. The lowest BCUT2D eigenvalue weighted by molar-refractivity contribution is 0.172. The monoisotopic (exact) mass is 400 g/mol. The summed E-state index contributed by atoms with van der Waals surface area (Å²) >= 11 is 6.34. The van der Waals surface area contributed by atoms with Crippen LogP contribution in [0.1, 0.15) is 11.6 Å². The number of benzene rings is 2. The van der Waals surface area contributed by atoms with Crippen LogP contribution in [-0.4, -0.2) is 45.2 Å². The maximum Gasteiger partial charge on any atom is 0.179 e. The van der Waals surface area contributed by atoms with E-state index in [2.05, 4.69) is 10.2 Å². The summed E-state index contributed by atoms with van der Waals surface area (Å²) in [5.41, 5.74) is 1.04. The van der Waals surface area contributed by atoms with Crippen LogP contribution in [0.2, 0.25) is 5.02 Å². The molecule has 1 aliphatic rings. The van der Waals surface area contributed by atoms with Crippen LogP contribution in [0.4, 0.5) is 0 Å². The minimum absolute atomic E-state index is 0. The summed E-state index contributed by atoms with van der Waals surface area (Å²) in [7, 11) is -3.27. The highest BCUT2D eigenvalue weighted by Gasteiger charge is 2.26. The Hall–Kier alpha value is -1.11. The maximum absolute atomic E-state index is 12.5. The van der Waals surface area contributed by atoms with Crippen molar-refractivity contribution < 1.29 is 8.42 Å². The van der Waals surface area contributed by atoms with Gasteiger partial charge in [0.25, 0.3) is 0 Å². The van der Waals surface area contributed by atoms with Crippen LogP contribution in [0.15, 0.2) is 59.5 Å². The van der Waals surface area contributed by atoms with E-state index in [9.17, 15) is 8.42 Å². The Kier molecular flexibility index (Phi) is 7.28. The van der Waals surface area contributed by atoms with Gasteiger partial charge in [-0.1, -0.05) is 48.0 Å². The fourth-order valence-electron chi connectivity index (χ4n) is 3.05. The number of sulfone groups is 1. The van der Waals surface area contributed by atoms with Gasteiger partial charge in [-0.2, -0.15) is 0 Å². The normalized spacial score (nSPS) is 18.5. The second kappa shape index (κ2) is 9.01. The zero-order valence-electron chi connectivity index (χ0n) is 13.8. The van der Waals surface area contributed by atoms with Gasteiger partial charge in [0, 0.05) is 37.2 Å². The fourth-order valence-corrected chi connectivity index (χ4v) is 4.59. The number of nitrogens with zero attached hydrogens (tertiary/aromatic N) is 1. The Labute approximate surface area is 160 Å². The van der Waals surface area contributed by atoms with E-state index in [-0.39, 0.29) is 24.2 Å². The van der Waals surface area contributed by atoms with E-state index in [1.807, 2.05) is 30.3 Å². The number of nitrogens with one attached hydrogen (secondary N) is 1. The van der Waals surface area contributed by atoms with Crippen LogP contribution in [0.5, 0.6) is 0 Å². The molecule has 1 aliphatic heterocycles. The molecule has 2 aromatic rings. The van der Waals surface area contributed by atoms with E-state index in [0.29, 0.717) is 11.4 Å². The number of hydrogen-bond donors (Lipinski definition) is 1. The molecule has 1 heterocycles. The molecule has 0 radical (unpaired) electrons. The Morgan fingerprint density at radius 2 is 1.76 bits per heavy atom. The van der Waals surface area contributed by atoms with Crippen LogP contribution >= 0.6 is 24.0 Å². The van der Waals surface area contributed by atoms with Crippen molar-refractivity contribution in [1.29, 1.82) is 0 Å². The van der Waals surface area contributed by atoms with E-state index in [0.717, 1.165) is 30.2 Å². The largest absolute Gasteiger partial charge is 0.314 e. The molecule has 1 N–H and O–H groups in total. The molecule has 0 aromatic heterocycles. The number of piperazine rings is 1. The molecule has 1 unspecified atom stereocenters. The molecule has 0 aliphatic carbocycles. The molecule has 25 heavy (non-hydrogen) atoms. The van der Waals surface area contributed by atoms with Gasteiger partial charge in [0.05, 0.1) is 10.6 Å². The van der Waals surface area contributed by atoms with Gasteiger partial charge < -0.3 is 5.32 Å². The van der Waals surface area contributed by atoms with Gasteiger partial charge in [0.1, 0.15) is 0 Å². The summed E-state index contributed by atoms with van der Waals surface area (Å²) in [6, 6.07) is 16.5. The smallest absolute Gasteiger partial charge is 0.179 e. The van der Waals surface area contributed by atoms with E-state index in [4.69, 9.17) is 11.6 Å². The van der Waals surface area contributed by atoms with Gasteiger partial charge in [0.15, 0.2) is 9.84 Å². The van der Waals surface area contributed by atoms with Gasteiger partial charge in [0.2, 0.25) is 0 Å². The lowest BCUT2D eigenvalue weighted by atomic mass is 10.0. The Bertz CT molecular complexity index is 785. The SMILES string of the molecule is Cl.O=S(=O)(CCN1CCNCC1c1ccccc1Cl)c1ccccc1. The molecule has 0 saturated carbocycles. The van der Waals surface area contributed by atoms with Crippen LogP contribution in [-0.2, 0) is 9.84 Å². The molecular formula is C18H22Cl2N2O2S. The second-order valence-corrected chi connectivity index (χ2v) is 8.43. The highest BCUT2D eigenvalue weighted by molar-refractivity contribution is 7.91. The van der Waals surface area contributed by atoms with Crippen LogP contribution in [0.25, 0.3) is 0 Å². The highest BCUT2D eigenvalue weighted by Crippen LogP contribution is 2.28. The molecule has 7 heteroatoms. The minimum Gasteiger partial charge on any atom is -0.314 e. The first kappa shape index (κ1) is 20.2. The summed E-state index contributed by atoms with van der Waals surface area (Å²) in [6.07, 6.45) is 0. The van der Waals surface area contributed by atoms with Crippen molar-refractivity contribution in [2.45, 2.75) is 10.9 Å². The number of rotatable bonds is 5. The summed E-state index contributed by atoms with van der Waals surface area (Å²) < 4.78 is 25.0. The van der Waals surface area contributed by atoms with Crippen molar-refractivity contribution in [3.8, 4) is 0 Å². The molecule has 3 rings (SSSR count). The minimum atomic E-state index is -3.27. The van der Waals surface area contributed by atoms with Crippen molar-refractivity contribution in [1.82, 2.24) is 10.2 Å². The molecule has 1 fully saturated rings. The average molecular weight is 401 g/mol. The van der Waals surface area contributed by atoms with E-state index < -0.39 is 9.84 Å². The molecule has 0 bridgehead atoms. The van der Waals surface area contributed by atoms with Gasteiger partial charge in [-0.15, -0.1) is 12.4 Å². The zero-order chi connectivity index (χ0) is 17.0. The molecule has 1 saturated heterocycles. The lowest BCUT2D eigenvalue weighted by Crippen LogP contribution is -2.47. The lowest BCUT2D eigenvalue weighted by Gasteiger charge is -2.36. The summed E-state index contributed by atoms with van der Waals surface area (Å²) in [6.45, 7) is 2.93. The van der Waals surface area contributed by atoms with Crippen molar-refractivity contribution in [3.05, 3.63) is 65.2 Å². The number of hydrogen-bond acceptors (Lipinski definition) is 4. The fraction of sp³-hybridized carbons (Fsp3) is 0.333. The van der Waals surface area contributed by atoms with E-state index >= 15 is 0 Å². The molecule has 2 aromatic carbocycles. The molecule has 0 spiro atoms. The highest BCUT2D eigenvalue weighted by atomic mass is 35.5. The van der Waals surface area contributed by atoms with Crippen LogP contribution in [0, 0.1) is 0 Å². The van der Waals surface area contributed by atoms with Crippen molar-refractivity contribution in [2.24, 2.45) is 0 Å². The molecule has 0 amide bonds. The maximum atomic E-state index is 12.5. The van der Waals surface area contributed by atoms with Crippen molar-refractivity contribution in [2.75, 3.05) is 31.9 Å². The molecule has 1 atom stereocenters. The average Bonchev–Trinajstić information content (AvgIpc) is 2.62. The first-order chi connectivity index (χ1) is 11.6. The zero-order valence-corrected chi connectivity index (χ0v) is 16.2. The molecule has 136 valence electrons. The first-order valence-corrected chi connectivity index (χ1v) is 10.1. The van der Waals surface area contributed by atoms with Crippen LogP contribution < -0.4 is 5.32 Å². The van der Waals surface area contributed by atoms with Gasteiger partial charge in [-0.25, -0.2) is 8.42 Å². The van der Waals surface area contributed by atoms with Crippen LogP contribution in [0.3, 0.4) is 0 Å². The second-order valence-electron chi connectivity index (χ2n) is 5.91. The predicted octanol–water partition coefficient (Wildman–Crippen LogP) is 3.18. The van der Waals surface area contributed by atoms with Gasteiger partial charge in [-0.3, -0.25) is 4.90 Å². The number of halogens is 2. The topological polar surface area (TPSA) is 49.4 Å². The van der Waals surface area contributed by atoms with Gasteiger partial charge >= 0.3 is 0 Å². The Balaban J connectivity index is 0.00000225. The molecule has 4 nitrogen and oxygen atoms in total. The summed E-state index contributed by atoms with van der Waals surface area (Å²) in [5.74, 6) is 0.109. The third-order valence-corrected chi connectivity index (χ3v) is 6.42. The summed E-state index contributed by atoms with van der Waals surface area (Å²) in [5, 5.41) is 4.09. The Morgan fingerprint density at radius 1 is 1.08 bits per heavy atom. The van der Waals surface area contributed by atoms with Crippen molar-refractivity contribution >= 4 is 33.8 Å².